The third-order valence-corrected chi connectivity index (χ3v) is 3.15. The topological polar surface area (TPSA) is 75.9 Å². The zero-order valence-electron chi connectivity index (χ0n) is 10.7. The second kappa shape index (κ2) is 6.49. The van der Waals surface area contributed by atoms with Gasteiger partial charge in [0.2, 0.25) is 0 Å². The number of hydrogen-bond acceptors (Lipinski definition) is 5. The highest BCUT2D eigenvalue weighted by molar-refractivity contribution is 9.10. The number of aromatic nitrogens is 2. The maximum absolute atomic E-state index is 5.39. The molecule has 1 heterocycles. The Balaban J connectivity index is 2.08. The van der Waals surface area contributed by atoms with E-state index in [9.17, 15) is 0 Å². The van der Waals surface area contributed by atoms with Crippen molar-refractivity contribution in [2.24, 2.45) is 5.84 Å². The zero-order valence-corrected chi connectivity index (χ0v) is 12.2. The minimum atomic E-state index is 0.616. The molecule has 0 saturated carbocycles. The Bertz CT molecular complexity index is 519. The summed E-state index contributed by atoms with van der Waals surface area (Å²) in [6.45, 7) is 2.71. The molecule has 2 rings (SSSR count). The van der Waals surface area contributed by atoms with Gasteiger partial charge in [0.1, 0.15) is 17.5 Å². The van der Waals surface area contributed by atoms with E-state index in [2.05, 4.69) is 48.8 Å². The molecular weight excluding hydrogens is 306 g/mol. The monoisotopic (exact) mass is 321 g/mol. The fourth-order valence-electron chi connectivity index (χ4n) is 1.61. The molecule has 0 bridgehead atoms. The molecule has 0 aliphatic heterocycles. The van der Waals surface area contributed by atoms with Crippen LogP contribution in [0.3, 0.4) is 0 Å². The number of halogens is 1. The first-order chi connectivity index (χ1) is 9.21. The van der Waals surface area contributed by atoms with Crippen LogP contribution in [0.2, 0.25) is 0 Å². The Morgan fingerprint density at radius 3 is 2.47 bits per heavy atom. The molecule has 0 atom stereocenters. The van der Waals surface area contributed by atoms with E-state index < -0.39 is 0 Å². The fraction of sp³-hybridized carbons (Fsp3) is 0.231. The molecule has 0 saturated heterocycles. The van der Waals surface area contributed by atoms with E-state index >= 15 is 0 Å². The lowest BCUT2D eigenvalue weighted by Crippen LogP contribution is -2.12. The van der Waals surface area contributed by atoms with Crippen LogP contribution >= 0.6 is 15.9 Å². The summed E-state index contributed by atoms with van der Waals surface area (Å²) in [7, 11) is 0. The van der Waals surface area contributed by atoms with Gasteiger partial charge in [0.25, 0.3) is 0 Å². The van der Waals surface area contributed by atoms with Gasteiger partial charge in [-0.25, -0.2) is 15.8 Å². The summed E-state index contributed by atoms with van der Waals surface area (Å²) in [6, 6.07) is 9.93. The van der Waals surface area contributed by atoms with E-state index in [4.69, 9.17) is 5.84 Å². The van der Waals surface area contributed by atoms with Crippen LogP contribution in [0.4, 0.5) is 11.6 Å². The van der Waals surface area contributed by atoms with Crippen molar-refractivity contribution in [1.29, 1.82) is 0 Å². The summed E-state index contributed by atoms with van der Waals surface area (Å²) < 4.78 is 1.07. The summed E-state index contributed by atoms with van der Waals surface area (Å²) in [5.74, 6) is 7.53. The first-order valence-electron chi connectivity index (χ1n) is 6.04. The molecule has 0 amide bonds. The highest BCUT2D eigenvalue weighted by Crippen LogP contribution is 2.14. The number of nitrogen functional groups attached to an aromatic ring is 1. The number of nitrogens with one attached hydrogen (secondary N) is 2. The maximum Gasteiger partial charge on any atom is 0.145 e. The predicted octanol–water partition coefficient (Wildman–Crippen LogP) is 2.70. The minimum Gasteiger partial charge on any atom is -0.366 e. The lowest BCUT2D eigenvalue weighted by atomic mass is 10.2. The van der Waals surface area contributed by atoms with Gasteiger partial charge in [-0.2, -0.15) is 0 Å². The van der Waals surface area contributed by atoms with Gasteiger partial charge < -0.3 is 10.7 Å². The van der Waals surface area contributed by atoms with Gasteiger partial charge in [-0.1, -0.05) is 35.0 Å². The molecule has 1 aromatic heterocycles. The largest absolute Gasteiger partial charge is 0.366 e. The number of aryl methyl sites for hydroxylation is 1. The molecule has 0 fully saturated rings. The van der Waals surface area contributed by atoms with Crippen LogP contribution < -0.4 is 16.6 Å². The van der Waals surface area contributed by atoms with E-state index in [-0.39, 0.29) is 0 Å². The zero-order chi connectivity index (χ0) is 13.7. The number of hydrazine groups is 1. The van der Waals surface area contributed by atoms with Crippen LogP contribution in [0.1, 0.15) is 18.3 Å². The van der Waals surface area contributed by atoms with Gasteiger partial charge >= 0.3 is 0 Å². The first kappa shape index (κ1) is 13.8. The molecule has 19 heavy (non-hydrogen) atoms. The number of anilines is 2. The number of nitrogens with zero attached hydrogens (tertiary/aromatic N) is 2. The van der Waals surface area contributed by atoms with Gasteiger partial charge in [-0.05, 0) is 17.7 Å². The Hall–Kier alpha value is -1.66. The molecule has 1 aromatic carbocycles. The normalized spacial score (nSPS) is 10.3. The van der Waals surface area contributed by atoms with Gasteiger partial charge in [0, 0.05) is 23.5 Å². The fourth-order valence-corrected chi connectivity index (χ4v) is 1.88. The third-order valence-electron chi connectivity index (χ3n) is 2.62. The minimum absolute atomic E-state index is 0.616. The number of nitrogens with two attached hydrogens (primary N) is 1. The Labute approximate surface area is 120 Å². The smallest absolute Gasteiger partial charge is 0.145 e. The highest BCUT2D eigenvalue weighted by atomic mass is 79.9. The molecule has 4 N–H and O–H groups in total. The van der Waals surface area contributed by atoms with Crippen LogP contribution in [-0.2, 0) is 13.0 Å². The molecule has 0 aliphatic rings. The Morgan fingerprint density at radius 2 is 1.84 bits per heavy atom. The quantitative estimate of drug-likeness (QED) is 0.583. The summed E-state index contributed by atoms with van der Waals surface area (Å²) in [5.41, 5.74) is 3.73. The summed E-state index contributed by atoms with van der Waals surface area (Å²) in [5, 5.41) is 3.27. The Morgan fingerprint density at radius 1 is 1.16 bits per heavy atom. The lowest BCUT2D eigenvalue weighted by molar-refractivity contribution is 0.931. The maximum atomic E-state index is 5.39. The highest BCUT2D eigenvalue weighted by Gasteiger charge is 2.02. The van der Waals surface area contributed by atoms with Crippen molar-refractivity contribution in [1.82, 2.24) is 9.97 Å². The molecule has 100 valence electrons. The van der Waals surface area contributed by atoms with Gasteiger partial charge in [-0.3, -0.25) is 0 Å². The average molecular weight is 322 g/mol. The Kier molecular flexibility index (Phi) is 4.70. The molecule has 2 aromatic rings. The molecule has 0 unspecified atom stereocenters. The number of hydrogen-bond donors (Lipinski definition) is 3. The summed E-state index contributed by atoms with van der Waals surface area (Å²) in [4.78, 5) is 8.65. The molecule has 0 aliphatic carbocycles. The van der Waals surface area contributed by atoms with Crippen LogP contribution in [0.15, 0.2) is 34.8 Å². The van der Waals surface area contributed by atoms with Gasteiger partial charge in [0.15, 0.2) is 0 Å². The predicted molar refractivity (Wildman–Crippen MR) is 80.7 cm³/mol. The number of rotatable bonds is 5. The van der Waals surface area contributed by atoms with Crippen LogP contribution in [0, 0.1) is 0 Å². The van der Waals surface area contributed by atoms with Crippen molar-refractivity contribution in [3.63, 3.8) is 0 Å². The van der Waals surface area contributed by atoms with Crippen LogP contribution in [-0.4, -0.2) is 9.97 Å². The van der Waals surface area contributed by atoms with Crippen molar-refractivity contribution in [3.05, 3.63) is 46.2 Å². The van der Waals surface area contributed by atoms with Crippen LogP contribution in [0.5, 0.6) is 0 Å². The number of benzene rings is 1. The van der Waals surface area contributed by atoms with Crippen molar-refractivity contribution < 1.29 is 0 Å². The van der Waals surface area contributed by atoms with E-state index in [1.165, 1.54) is 5.56 Å². The van der Waals surface area contributed by atoms with E-state index in [0.29, 0.717) is 12.4 Å². The molecule has 0 radical (unpaired) electrons. The molecular formula is C13H16BrN5. The van der Waals surface area contributed by atoms with Crippen LogP contribution in [0.25, 0.3) is 0 Å². The van der Waals surface area contributed by atoms with E-state index in [0.717, 1.165) is 22.5 Å². The third kappa shape index (κ3) is 3.90. The summed E-state index contributed by atoms with van der Waals surface area (Å²) in [6.07, 6.45) is 0.766. The lowest BCUT2D eigenvalue weighted by Gasteiger charge is -2.09. The van der Waals surface area contributed by atoms with E-state index in [1.807, 2.05) is 19.1 Å². The average Bonchev–Trinajstić information content (AvgIpc) is 2.46. The standard InChI is InChI=1S/C13H16BrN5/c1-2-11-17-12(7-13(18-11)19-15)16-8-9-3-5-10(14)6-4-9/h3-7H,2,8,15H2,1H3,(H2,16,17,18,19). The van der Waals surface area contributed by atoms with Gasteiger partial charge in [-0.15, -0.1) is 0 Å². The molecule has 6 heteroatoms. The van der Waals surface area contributed by atoms with Gasteiger partial charge in [0.05, 0.1) is 0 Å². The van der Waals surface area contributed by atoms with Crippen molar-refractivity contribution in [3.8, 4) is 0 Å². The first-order valence-corrected chi connectivity index (χ1v) is 6.83. The van der Waals surface area contributed by atoms with Crippen molar-refractivity contribution >= 4 is 27.6 Å². The molecule has 0 spiro atoms. The van der Waals surface area contributed by atoms with E-state index in [1.54, 1.807) is 6.07 Å². The second-order valence-corrected chi connectivity index (χ2v) is 4.95. The SMILES string of the molecule is CCc1nc(NN)cc(NCc2ccc(Br)cc2)n1. The summed E-state index contributed by atoms with van der Waals surface area (Å²) >= 11 is 3.42. The molecule has 5 nitrogen and oxygen atoms in total. The van der Waals surface area contributed by atoms with Crippen molar-refractivity contribution in [2.75, 3.05) is 10.7 Å². The second-order valence-electron chi connectivity index (χ2n) is 4.03. The van der Waals surface area contributed by atoms with Crippen molar-refractivity contribution in [2.45, 2.75) is 19.9 Å².